The van der Waals surface area contributed by atoms with Crippen LogP contribution in [-0.4, -0.2) is 11.1 Å². The first-order chi connectivity index (χ1) is 9.50. The number of halogens is 3. The molecule has 6 heteroatoms. The molecule has 0 aliphatic carbocycles. The van der Waals surface area contributed by atoms with Gasteiger partial charge in [0.15, 0.2) is 17.7 Å². The summed E-state index contributed by atoms with van der Waals surface area (Å²) >= 11 is 5.91. The minimum absolute atomic E-state index is 0.288. The molecule has 2 aromatic rings. The van der Waals surface area contributed by atoms with Crippen LogP contribution in [0.1, 0.15) is 11.6 Å². The summed E-state index contributed by atoms with van der Waals surface area (Å²) in [7, 11) is 0. The lowest BCUT2D eigenvalue weighted by atomic mass is 10.1. The molecule has 3 nitrogen and oxygen atoms in total. The van der Waals surface area contributed by atoms with Crippen molar-refractivity contribution in [2.24, 2.45) is 0 Å². The van der Waals surface area contributed by atoms with Gasteiger partial charge in [0, 0.05) is 5.56 Å². The van der Waals surface area contributed by atoms with Crippen molar-refractivity contribution in [3.63, 3.8) is 0 Å². The lowest BCUT2D eigenvalue weighted by Gasteiger charge is -2.17. The molecule has 2 rings (SSSR count). The molecule has 0 saturated carbocycles. The normalized spacial score (nSPS) is 11.9. The van der Waals surface area contributed by atoms with Crippen LogP contribution in [0, 0.1) is 11.6 Å². The summed E-state index contributed by atoms with van der Waals surface area (Å²) in [6, 6.07) is 8.37. The highest BCUT2D eigenvalue weighted by atomic mass is 35.5. The molecule has 0 heterocycles. The minimum Gasteiger partial charge on any atom is -0.479 e. The van der Waals surface area contributed by atoms with Crippen LogP contribution >= 0.6 is 11.6 Å². The SMILES string of the molecule is O=C(O)C(Nc1ccccc1Cl)c1cccc(F)c1F. The maximum Gasteiger partial charge on any atom is 0.330 e. The molecular weight excluding hydrogens is 288 g/mol. The molecule has 2 aromatic carbocycles. The summed E-state index contributed by atoms with van der Waals surface area (Å²) in [5.41, 5.74) is 0.0302. The smallest absolute Gasteiger partial charge is 0.330 e. The van der Waals surface area contributed by atoms with Crippen molar-refractivity contribution in [2.75, 3.05) is 5.32 Å². The minimum atomic E-state index is -1.44. The molecule has 0 aliphatic rings. The summed E-state index contributed by atoms with van der Waals surface area (Å²) < 4.78 is 26.9. The summed E-state index contributed by atoms with van der Waals surface area (Å²) in [6.07, 6.45) is 0. The van der Waals surface area contributed by atoms with E-state index < -0.39 is 23.6 Å². The Kier molecular flexibility index (Phi) is 4.20. The Morgan fingerprint density at radius 1 is 1.15 bits per heavy atom. The molecule has 0 radical (unpaired) electrons. The molecule has 0 saturated heterocycles. The van der Waals surface area contributed by atoms with Gasteiger partial charge in [-0.15, -0.1) is 0 Å². The van der Waals surface area contributed by atoms with Crippen molar-refractivity contribution in [2.45, 2.75) is 6.04 Å². The maximum atomic E-state index is 13.7. The van der Waals surface area contributed by atoms with Crippen molar-refractivity contribution >= 4 is 23.3 Å². The highest BCUT2D eigenvalue weighted by Gasteiger charge is 2.25. The second-order valence-corrected chi connectivity index (χ2v) is 4.45. The third-order valence-corrected chi connectivity index (χ3v) is 3.04. The number of carboxylic acid groups (broad SMARTS) is 1. The van der Waals surface area contributed by atoms with Gasteiger partial charge in [-0.25, -0.2) is 13.6 Å². The third kappa shape index (κ3) is 2.88. The van der Waals surface area contributed by atoms with Gasteiger partial charge in [0.1, 0.15) is 0 Å². The van der Waals surface area contributed by atoms with Gasteiger partial charge in [0.25, 0.3) is 0 Å². The lowest BCUT2D eigenvalue weighted by molar-refractivity contribution is -0.138. The predicted molar refractivity (Wildman–Crippen MR) is 71.8 cm³/mol. The van der Waals surface area contributed by atoms with E-state index in [1.807, 2.05) is 0 Å². The Morgan fingerprint density at radius 2 is 1.85 bits per heavy atom. The van der Waals surface area contributed by atoms with Crippen LogP contribution in [0.2, 0.25) is 5.02 Å². The van der Waals surface area contributed by atoms with Crippen molar-refractivity contribution in [1.29, 1.82) is 0 Å². The second kappa shape index (κ2) is 5.88. The largest absolute Gasteiger partial charge is 0.479 e. The first kappa shape index (κ1) is 14.3. The van der Waals surface area contributed by atoms with Gasteiger partial charge in [0.2, 0.25) is 0 Å². The first-order valence-corrected chi connectivity index (χ1v) is 6.06. The summed E-state index contributed by atoms with van der Waals surface area (Å²) in [4.78, 5) is 11.3. The number of carboxylic acids is 1. The van der Waals surface area contributed by atoms with E-state index in [0.29, 0.717) is 5.69 Å². The fourth-order valence-corrected chi connectivity index (χ4v) is 1.94. The van der Waals surface area contributed by atoms with Gasteiger partial charge in [-0.3, -0.25) is 0 Å². The van der Waals surface area contributed by atoms with E-state index in [0.717, 1.165) is 6.07 Å². The van der Waals surface area contributed by atoms with Crippen LogP contribution in [-0.2, 0) is 4.79 Å². The lowest BCUT2D eigenvalue weighted by Crippen LogP contribution is -2.22. The number of hydrogen-bond donors (Lipinski definition) is 2. The van der Waals surface area contributed by atoms with Crippen molar-refractivity contribution < 1.29 is 18.7 Å². The fraction of sp³-hybridized carbons (Fsp3) is 0.0714. The molecule has 20 heavy (non-hydrogen) atoms. The van der Waals surface area contributed by atoms with E-state index >= 15 is 0 Å². The van der Waals surface area contributed by atoms with Crippen molar-refractivity contribution in [3.05, 3.63) is 64.7 Å². The molecule has 0 aromatic heterocycles. The zero-order valence-electron chi connectivity index (χ0n) is 10.1. The highest BCUT2D eigenvalue weighted by Crippen LogP contribution is 2.28. The van der Waals surface area contributed by atoms with Crippen molar-refractivity contribution in [1.82, 2.24) is 0 Å². The van der Waals surface area contributed by atoms with Gasteiger partial charge in [-0.1, -0.05) is 35.9 Å². The van der Waals surface area contributed by atoms with Crippen LogP contribution < -0.4 is 5.32 Å². The van der Waals surface area contributed by atoms with E-state index in [9.17, 15) is 18.7 Å². The molecule has 0 spiro atoms. The van der Waals surface area contributed by atoms with Crippen LogP contribution in [0.25, 0.3) is 0 Å². The molecule has 0 amide bonds. The Balaban J connectivity index is 2.40. The van der Waals surface area contributed by atoms with E-state index in [-0.39, 0.29) is 10.6 Å². The number of rotatable bonds is 4. The van der Waals surface area contributed by atoms with Crippen LogP contribution in [0.3, 0.4) is 0 Å². The molecular formula is C14H10ClF2NO2. The summed E-state index contributed by atoms with van der Waals surface area (Å²) in [5.74, 6) is -3.64. The van der Waals surface area contributed by atoms with Gasteiger partial charge >= 0.3 is 5.97 Å². The summed E-state index contributed by atoms with van der Waals surface area (Å²) in [5, 5.41) is 12.1. The zero-order valence-corrected chi connectivity index (χ0v) is 10.9. The average molecular weight is 298 g/mol. The molecule has 2 N–H and O–H groups in total. The average Bonchev–Trinajstić information content (AvgIpc) is 2.41. The molecule has 0 bridgehead atoms. The number of nitrogens with one attached hydrogen (secondary N) is 1. The Morgan fingerprint density at radius 3 is 2.50 bits per heavy atom. The van der Waals surface area contributed by atoms with Crippen LogP contribution in [0.4, 0.5) is 14.5 Å². The van der Waals surface area contributed by atoms with Gasteiger partial charge < -0.3 is 10.4 Å². The second-order valence-electron chi connectivity index (χ2n) is 4.04. The van der Waals surface area contributed by atoms with E-state index in [2.05, 4.69) is 5.32 Å². The third-order valence-electron chi connectivity index (χ3n) is 2.71. The topological polar surface area (TPSA) is 49.3 Å². The Hall–Kier alpha value is -2.14. The number of aliphatic carboxylic acids is 1. The molecule has 1 unspecified atom stereocenters. The number of anilines is 1. The standard InChI is InChI=1S/C14H10ClF2NO2/c15-9-5-1-2-7-11(9)18-13(14(19)20)8-4-3-6-10(16)12(8)17/h1-7,13,18H,(H,19,20). The number of hydrogen-bond acceptors (Lipinski definition) is 2. The van der Waals surface area contributed by atoms with Gasteiger partial charge in [-0.2, -0.15) is 0 Å². The van der Waals surface area contributed by atoms with E-state index in [1.165, 1.54) is 12.1 Å². The van der Waals surface area contributed by atoms with Gasteiger partial charge in [-0.05, 0) is 18.2 Å². The number of carbonyl (C=O) groups is 1. The number of para-hydroxylation sites is 1. The Labute approximate surface area is 118 Å². The number of benzene rings is 2. The quantitative estimate of drug-likeness (QED) is 0.901. The van der Waals surface area contributed by atoms with Crippen LogP contribution in [0.15, 0.2) is 42.5 Å². The van der Waals surface area contributed by atoms with E-state index in [4.69, 9.17) is 11.6 Å². The fourth-order valence-electron chi connectivity index (χ4n) is 1.75. The zero-order chi connectivity index (χ0) is 14.7. The molecule has 0 aliphatic heterocycles. The summed E-state index contributed by atoms with van der Waals surface area (Å²) in [6.45, 7) is 0. The maximum absolute atomic E-state index is 13.7. The molecule has 104 valence electrons. The molecule has 0 fully saturated rings. The monoisotopic (exact) mass is 297 g/mol. The predicted octanol–water partition coefficient (Wildman–Crippen LogP) is 3.86. The first-order valence-electron chi connectivity index (χ1n) is 5.68. The van der Waals surface area contributed by atoms with Gasteiger partial charge in [0.05, 0.1) is 10.7 Å². The van der Waals surface area contributed by atoms with E-state index in [1.54, 1.807) is 24.3 Å². The Bertz CT molecular complexity index is 649. The molecule has 1 atom stereocenters. The van der Waals surface area contributed by atoms with Crippen LogP contribution in [0.5, 0.6) is 0 Å². The highest BCUT2D eigenvalue weighted by molar-refractivity contribution is 6.33. The van der Waals surface area contributed by atoms with Crippen molar-refractivity contribution in [3.8, 4) is 0 Å².